The van der Waals surface area contributed by atoms with Crippen molar-refractivity contribution in [2.24, 2.45) is 10.9 Å². The second-order valence-corrected chi connectivity index (χ2v) is 11.1. The zero-order valence-corrected chi connectivity index (χ0v) is 23.8. The van der Waals surface area contributed by atoms with Gasteiger partial charge in [0.15, 0.2) is 5.96 Å². The lowest BCUT2D eigenvalue weighted by molar-refractivity contribution is 0.0485. The first-order valence-corrected chi connectivity index (χ1v) is 12.2. The van der Waals surface area contributed by atoms with Gasteiger partial charge in [0, 0.05) is 46.8 Å². The quantitative estimate of drug-likeness (QED) is 0.170. The van der Waals surface area contributed by atoms with Crippen molar-refractivity contribution in [2.45, 2.75) is 66.0 Å². The minimum Gasteiger partial charge on any atom is -0.444 e. The molecule has 0 spiro atoms. The fraction of sp³-hybridized carbons (Fsp3) is 0.900. The first kappa shape index (κ1) is 32.4. The third kappa shape index (κ3) is 14.0. The molecule has 0 fully saturated rings. The van der Waals surface area contributed by atoms with Crippen LogP contribution in [0.2, 0.25) is 0 Å². The molecule has 0 aromatic heterocycles. The van der Waals surface area contributed by atoms with E-state index in [1.807, 2.05) is 32.7 Å². The van der Waals surface area contributed by atoms with Crippen LogP contribution in [0.5, 0.6) is 0 Å². The number of hydrogen-bond acceptors (Lipinski definition) is 5. The number of guanidine groups is 1. The van der Waals surface area contributed by atoms with Crippen LogP contribution < -0.4 is 10.6 Å². The van der Waals surface area contributed by atoms with Crippen LogP contribution in [0.25, 0.3) is 0 Å². The summed E-state index contributed by atoms with van der Waals surface area (Å²) in [6.07, 6.45) is 1.01. The summed E-state index contributed by atoms with van der Waals surface area (Å²) < 4.78 is 30.3. The van der Waals surface area contributed by atoms with E-state index in [2.05, 4.69) is 29.5 Å². The Morgan fingerprint density at radius 1 is 1.16 bits per heavy atom. The molecule has 0 aliphatic rings. The number of nitrogens with one attached hydrogen (secondary N) is 2. The van der Waals surface area contributed by atoms with Gasteiger partial charge in [0.05, 0.1) is 5.75 Å². The third-order valence-electron chi connectivity index (χ3n) is 4.63. The molecule has 9 nitrogen and oxygen atoms in total. The highest BCUT2D eigenvalue weighted by molar-refractivity contribution is 14.0. The van der Waals surface area contributed by atoms with E-state index in [1.165, 1.54) is 4.31 Å². The average Bonchev–Trinajstić information content (AvgIpc) is 2.62. The molecule has 0 rings (SSSR count). The number of nitrogens with zero attached hydrogens (tertiary/aromatic N) is 3. The molecule has 0 aromatic carbocycles. The van der Waals surface area contributed by atoms with E-state index < -0.39 is 21.7 Å². The second-order valence-electron chi connectivity index (χ2n) is 8.76. The first-order valence-electron chi connectivity index (χ1n) is 10.6. The number of alkyl carbamates (subject to hydrolysis) is 1. The van der Waals surface area contributed by atoms with E-state index in [-0.39, 0.29) is 41.7 Å². The van der Waals surface area contributed by atoms with Crippen LogP contribution >= 0.6 is 24.0 Å². The maximum atomic E-state index is 12.1. The topological polar surface area (TPSA) is 103 Å². The summed E-state index contributed by atoms with van der Waals surface area (Å²) in [7, 11) is 2.10. The molecule has 1 atom stereocenters. The number of carbonyl (C=O) groups is 1. The zero-order chi connectivity index (χ0) is 23.5. The zero-order valence-electron chi connectivity index (χ0n) is 20.7. The molecule has 0 radical (unpaired) electrons. The van der Waals surface area contributed by atoms with Crippen LogP contribution in [0.15, 0.2) is 4.99 Å². The number of halogens is 1. The van der Waals surface area contributed by atoms with Crippen molar-refractivity contribution in [3.63, 3.8) is 0 Å². The lowest BCUT2D eigenvalue weighted by atomic mass is 10.0. The molecule has 0 aromatic rings. The monoisotopic (exact) mass is 577 g/mol. The summed E-state index contributed by atoms with van der Waals surface area (Å²) >= 11 is 0. The van der Waals surface area contributed by atoms with E-state index in [1.54, 1.807) is 21.0 Å². The van der Waals surface area contributed by atoms with Crippen LogP contribution in [-0.4, -0.2) is 87.8 Å². The van der Waals surface area contributed by atoms with E-state index in [9.17, 15) is 13.2 Å². The van der Waals surface area contributed by atoms with E-state index in [0.29, 0.717) is 26.1 Å². The number of rotatable bonds is 11. The van der Waals surface area contributed by atoms with Crippen molar-refractivity contribution < 1.29 is 17.9 Å². The van der Waals surface area contributed by atoms with Crippen LogP contribution in [0.1, 0.15) is 54.4 Å². The SMILES string of the molecule is CCS(=O)(=O)N(C)CCCNC(=NC)N(C)CCC(NC(=O)OC(C)(C)C)C(C)C.I. The van der Waals surface area contributed by atoms with Gasteiger partial charge in [-0.15, -0.1) is 24.0 Å². The molecule has 186 valence electrons. The highest BCUT2D eigenvalue weighted by Gasteiger charge is 2.22. The number of aliphatic imine (C=N–C) groups is 1. The maximum absolute atomic E-state index is 12.1. The minimum absolute atomic E-state index is 0. The largest absolute Gasteiger partial charge is 0.444 e. The van der Waals surface area contributed by atoms with Crippen LogP contribution in [0.4, 0.5) is 4.79 Å². The Morgan fingerprint density at radius 2 is 1.74 bits per heavy atom. The van der Waals surface area contributed by atoms with Crippen LogP contribution in [0.3, 0.4) is 0 Å². The maximum Gasteiger partial charge on any atom is 0.407 e. The van der Waals surface area contributed by atoms with Crippen molar-refractivity contribution in [2.75, 3.05) is 46.5 Å². The van der Waals surface area contributed by atoms with Crippen molar-refractivity contribution >= 4 is 46.1 Å². The Bertz CT molecular complexity index is 650. The second kappa shape index (κ2) is 15.1. The van der Waals surface area contributed by atoms with Gasteiger partial charge in [0.1, 0.15) is 5.60 Å². The van der Waals surface area contributed by atoms with Gasteiger partial charge < -0.3 is 20.3 Å². The molecule has 0 bridgehead atoms. The van der Waals surface area contributed by atoms with Gasteiger partial charge in [0.2, 0.25) is 10.0 Å². The highest BCUT2D eigenvalue weighted by atomic mass is 127. The third-order valence-corrected chi connectivity index (χ3v) is 6.49. The molecular weight excluding hydrogens is 533 g/mol. The molecule has 1 amide bonds. The van der Waals surface area contributed by atoms with Gasteiger partial charge in [0.25, 0.3) is 0 Å². The molecule has 0 aliphatic carbocycles. The lowest BCUT2D eigenvalue weighted by Gasteiger charge is -2.28. The first-order chi connectivity index (χ1) is 13.7. The Morgan fingerprint density at radius 3 is 2.19 bits per heavy atom. The fourth-order valence-corrected chi connectivity index (χ4v) is 3.56. The number of carbonyl (C=O) groups excluding carboxylic acids is 1. The molecule has 0 aliphatic heterocycles. The Hall–Kier alpha value is -0.820. The van der Waals surface area contributed by atoms with Gasteiger partial charge in [-0.3, -0.25) is 4.99 Å². The Balaban J connectivity index is 0. The highest BCUT2D eigenvalue weighted by Crippen LogP contribution is 2.11. The van der Waals surface area contributed by atoms with Gasteiger partial charge in [-0.25, -0.2) is 17.5 Å². The van der Waals surface area contributed by atoms with Crippen LogP contribution in [0, 0.1) is 5.92 Å². The summed E-state index contributed by atoms with van der Waals surface area (Å²) in [5, 5.41) is 6.22. The Labute approximate surface area is 206 Å². The molecule has 31 heavy (non-hydrogen) atoms. The summed E-state index contributed by atoms with van der Waals surface area (Å²) in [4.78, 5) is 18.4. The lowest BCUT2D eigenvalue weighted by Crippen LogP contribution is -2.45. The number of amides is 1. The van der Waals surface area contributed by atoms with Gasteiger partial charge in [-0.1, -0.05) is 13.8 Å². The molecule has 0 saturated heterocycles. The standard InChI is InChI=1S/C20H43N5O4S.HI/c1-10-30(27,28)25(9)14-11-13-22-18(21-7)24(8)15-12-17(16(2)3)23-19(26)29-20(4,5)6;/h16-17H,10-15H2,1-9H3,(H,21,22)(H,23,26);1H. The van der Waals surface area contributed by atoms with Gasteiger partial charge in [-0.05, 0) is 46.5 Å². The van der Waals surface area contributed by atoms with Crippen molar-refractivity contribution in [1.29, 1.82) is 0 Å². The molecule has 2 N–H and O–H groups in total. The Kier molecular flexibility index (Phi) is 15.8. The summed E-state index contributed by atoms with van der Waals surface area (Å²) in [5.41, 5.74) is -0.529. The van der Waals surface area contributed by atoms with Crippen molar-refractivity contribution in [3.8, 4) is 0 Å². The number of sulfonamides is 1. The predicted octanol–water partition coefficient (Wildman–Crippen LogP) is 2.72. The number of ether oxygens (including phenoxy) is 1. The molecular formula is C20H44IN5O4S. The molecule has 0 saturated carbocycles. The summed E-state index contributed by atoms with van der Waals surface area (Å²) in [5.74, 6) is 1.10. The van der Waals surface area contributed by atoms with Crippen molar-refractivity contribution in [1.82, 2.24) is 19.8 Å². The fourth-order valence-electron chi connectivity index (χ4n) is 2.72. The number of hydrogen-bond donors (Lipinski definition) is 2. The van der Waals surface area contributed by atoms with Gasteiger partial charge in [-0.2, -0.15) is 0 Å². The van der Waals surface area contributed by atoms with Crippen LogP contribution in [-0.2, 0) is 14.8 Å². The molecule has 1 unspecified atom stereocenters. The molecule has 11 heteroatoms. The van der Waals surface area contributed by atoms with Gasteiger partial charge >= 0.3 is 6.09 Å². The average molecular weight is 578 g/mol. The van der Waals surface area contributed by atoms with E-state index >= 15 is 0 Å². The minimum atomic E-state index is -3.15. The summed E-state index contributed by atoms with van der Waals surface area (Å²) in [6, 6.07) is -0.0201. The predicted molar refractivity (Wildman–Crippen MR) is 139 cm³/mol. The molecule has 0 heterocycles. The van der Waals surface area contributed by atoms with E-state index in [0.717, 1.165) is 12.4 Å². The normalized spacial score (nSPS) is 13.6. The summed E-state index contributed by atoms with van der Waals surface area (Å²) in [6.45, 7) is 13.1. The van der Waals surface area contributed by atoms with E-state index in [4.69, 9.17) is 4.74 Å². The smallest absolute Gasteiger partial charge is 0.407 e. The van der Waals surface area contributed by atoms with Crippen molar-refractivity contribution in [3.05, 3.63) is 0 Å².